The lowest BCUT2D eigenvalue weighted by Gasteiger charge is -2.40. The quantitative estimate of drug-likeness (QED) is 0.792. The minimum atomic E-state index is -0.0127. The molecule has 2 heteroatoms. The summed E-state index contributed by atoms with van der Waals surface area (Å²) < 4.78 is 0. The van der Waals surface area contributed by atoms with E-state index in [2.05, 4.69) is 24.4 Å². The highest BCUT2D eigenvalue weighted by atomic mass is 32.1. The van der Waals surface area contributed by atoms with Crippen LogP contribution in [0.15, 0.2) is 17.5 Å². The maximum atomic E-state index is 6.59. The summed E-state index contributed by atoms with van der Waals surface area (Å²) in [6.07, 6.45) is 6.36. The van der Waals surface area contributed by atoms with Gasteiger partial charge in [0.1, 0.15) is 0 Å². The average Bonchev–Trinajstić information content (AvgIpc) is 2.72. The molecular formula is C12H19NS. The summed E-state index contributed by atoms with van der Waals surface area (Å²) >= 11 is 1.82. The Kier molecular flexibility index (Phi) is 2.93. The van der Waals surface area contributed by atoms with E-state index >= 15 is 0 Å². The number of hydrogen-bond donors (Lipinski definition) is 1. The van der Waals surface area contributed by atoms with Crippen molar-refractivity contribution in [3.05, 3.63) is 22.4 Å². The van der Waals surface area contributed by atoms with Crippen LogP contribution < -0.4 is 5.73 Å². The van der Waals surface area contributed by atoms with Gasteiger partial charge in [0.2, 0.25) is 0 Å². The van der Waals surface area contributed by atoms with Gasteiger partial charge in [-0.25, -0.2) is 0 Å². The van der Waals surface area contributed by atoms with Crippen molar-refractivity contribution in [3.8, 4) is 0 Å². The van der Waals surface area contributed by atoms with Crippen LogP contribution in [0.5, 0.6) is 0 Å². The minimum absolute atomic E-state index is 0.0127. The van der Waals surface area contributed by atoms with Crippen LogP contribution in [0.3, 0.4) is 0 Å². The van der Waals surface area contributed by atoms with Gasteiger partial charge in [-0.1, -0.05) is 32.3 Å². The van der Waals surface area contributed by atoms with Crippen molar-refractivity contribution < 1.29 is 0 Å². The Morgan fingerprint density at radius 1 is 1.57 bits per heavy atom. The lowest BCUT2D eigenvalue weighted by atomic mass is 9.71. The van der Waals surface area contributed by atoms with Gasteiger partial charge in [0.05, 0.1) is 5.54 Å². The molecule has 1 aliphatic carbocycles. The Morgan fingerprint density at radius 2 is 2.43 bits per heavy atom. The van der Waals surface area contributed by atoms with Crippen molar-refractivity contribution in [2.45, 2.75) is 44.6 Å². The third-order valence-electron chi connectivity index (χ3n) is 3.59. The van der Waals surface area contributed by atoms with Gasteiger partial charge in [-0.05, 0) is 30.2 Å². The Morgan fingerprint density at radius 3 is 3.07 bits per heavy atom. The van der Waals surface area contributed by atoms with E-state index in [1.54, 1.807) is 0 Å². The van der Waals surface area contributed by atoms with Gasteiger partial charge in [-0.3, -0.25) is 0 Å². The number of thiophene rings is 1. The summed E-state index contributed by atoms with van der Waals surface area (Å²) in [5.41, 5.74) is 6.58. The number of nitrogens with two attached hydrogens (primary N) is 1. The predicted octanol–water partition coefficient (Wildman–Crippen LogP) is 3.50. The molecule has 0 aliphatic heterocycles. The van der Waals surface area contributed by atoms with Gasteiger partial charge in [0.15, 0.2) is 0 Å². The monoisotopic (exact) mass is 209 g/mol. The first-order valence-electron chi connectivity index (χ1n) is 5.60. The molecule has 78 valence electrons. The first-order valence-corrected chi connectivity index (χ1v) is 6.48. The van der Waals surface area contributed by atoms with E-state index in [0.29, 0.717) is 5.92 Å². The molecular weight excluding hydrogens is 190 g/mol. The fraction of sp³-hybridized carbons (Fsp3) is 0.667. The first kappa shape index (κ1) is 10.2. The zero-order chi connectivity index (χ0) is 10.0. The summed E-state index contributed by atoms with van der Waals surface area (Å²) in [5, 5.41) is 2.14. The third kappa shape index (κ3) is 1.61. The summed E-state index contributed by atoms with van der Waals surface area (Å²) in [6.45, 7) is 2.27. The molecule has 1 saturated carbocycles. The Balaban J connectivity index is 2.27. The second kappa shape index (κ2) is 4.03. The Hall–Kier alpha value is -0.340. The maximum absolute atomic E-state index is 6.59. The summed E-state index contributed by atoms with van der Waals surface area (Å²) in [6, 6.07) is 4.33. The van der Waals surface area contributed by atoms with E-state index in [4.69, 9.17) is 5.73 Å². The molecule has 0 bridgehead atoms. The number of rotatable bonds is 2. The van der Waals surface area contributed by atoms with Gasteiger partial charge < -0.3 is 5.73 Å². The van der Waals surface area contributed by atoms with Crippen LogP contribution in [0.25, 0.3) is 0 Å². The molecule has 0 radical (unpaired) electrons. The van der Waals surface area contributed by atoms with Crippen LogP contribution >= 0.6 is 11.3 Å². The van der Waals surface area contributed by atoms with E-state index < -0.39 is 0 Å². The summed E-state index contributed by atoms with van der Waals surface area (Å²) in [5.74, 6) is 0.690. The Bertz CT molecular complexity index is 281. The highest BCUT2D eigenvalue weighted by Crippen LogP contribution is 2.42. The molecule has 2 N–H and O–H groups in total. The van der Waals surface area contributed by atoms with Crippen molar-refractivity contribution in [1.82, 2.24) is 0 Å². The second-order valence-electron chi connectivity index (χ2n) is 4.37. The minimum Gasteiger partial charge on any atom is -0.321 e. The van der Waals surface area contributed by atoms with Crippen LogP contribution in [0, 0.1) is 5.92 Å². The molecule has 0 aromatic carbocycles. The van der Waals surface area contributed by atoms with Crippen molar-refractivity contribution in [2.75, 3.05) is 0 Å². The topological polar surface area (TPSA) is 26.0 Å². The fourth-order valence-corrected chi connectivity index (χ4v) is 3.66. The van der Waals surface area contributed by atoms with Gasteiger partial charge in [0, 0.05) is 4.88 Å². The fourth-order valence-electron chi connectivity index (χ4n) is 2.71. The van der Waals surface area contributed by atoms with Crippen molar-refractivity contribution >= 4 is 11.3 Å². The average molecular weight is 209 g/mol. The molecule has 1 fully saturated rings. The van der Waals surface area contributed by atoms with E-state index in [1.165, 1.54) is 37.0 Å². The predicted molar refractivity (Wildman–Crippen MR) is 62.4 cm³/mol. The van der Waals surface area contributed by atoms with Gasteiger partial charge >= 0.3 is 0 Å². The van der Waals surface area contributed by atoms with Crippen molar-refractivity contribution in [2.24, 2.45) is 11.7 Å². The van der Waals surface area contributed by atoms with Gasteiger partial charge in [-0.15, -0.1) is 11.3 Å². The maximum Gasteiger partial charge on any atom is 0.0532 e. The molecule has 2 unspecified atom stereocenters. The van der Waals surface area contributed by atoms with E-state index in [1.807, 2.05) is 11.3 Å². The molecule has 1 aromatic rings. The zero-order valence-electron chi connectivity index (χ0n) is 8.83. The molecule has 1 aliphatic rings. The van der Waals surface area contributed by atoms with Crippen molar-refractivity contribution in [3.63, 3.8) is 0 Å². The van der Waals surface area contributed by atoms with Crippen LogP contribution in [-0.2, 0) is 5.54 Å². The van der Waals surface area contributed by atoms with E-state index in [-0.39, 0.29) is 5.54 Å². The molecule has 0 spiro atoms. The zero-order valence-corrected chi connectivity index (χ0v) is 9.65. The largest absolute Gasteiger partial charge is 0.321 e. The van der Waals surface area contributed by atoms with E-state index in [0.717, 1.165) is 0 Å². The molecule has 1 nitrogen and oxygen atoms in total. The van der Waals surface area contributed by atoms with Crippen LogP contribution in [0.2, 0.25) is 0 Å². The molecule has 2 atom stereocenters. The standard InChI is InChI=1S/C12H19NS/c1-2-10-6-3-4-8-12(10,13)11-7-5-9-14-11/h5,7,9-10H,2-4,6,8,13H2,1H3. The molecule has 2 rings (SSSR count). The lowest BCUT2D eigenvalue weighted by molar-refractivity contribution is 0.188. The highest BCUT2D eigenvalue weighted by Gasteiger charge is 2.38. The van der Waals surface area contributed by atoms with E-state index in [9.17, 15) is 0 Å². The third-order valence-corrected chi connectivity index (χ3v) is 4.66. The van der Waals surface area contributed by atoms with Gasteiger partial charge in [0.25, 0.3) is 0 Å². The first-order chi connectivity index (χ1) is 6.77. The molecule has 0 amide bonds. The molecule has 1 heterocycles. The smallest absolute Gasteiger partial charge is 0.0532 e. The molecule has 1 aromatic heterocycles. The summed E-state index contributed by atoms with van der Waals surface area (Å²) in [7, 11) is 0. The normalized spacial score (nSPS) is 33.1. The SMILES string of the molecule is CCC1CCCCC1(N)c1cccs1. The van der Waals surface area contributed by atoms with Crippen LogP contribution in [0.4, 0.5) is 0 Å². The summed E-state index contributed by atoms with van der Waals surface area (Å²) in [4.78, 5) is 1.39. The van der Waals surface area contributed by atoms with Crippen LogP contribution in [-0.4, -0.2) is 0 Å². The van der Waals surface area contributed by atoms with Crippen molar-refractivity contribution in [1.29, 1.82) is 0 Å². The van der Waals surface area contributed by atoms with Crippen LogP contribution in [0.1, 0.15) is 43.9 Å². The molecule has 14 heavy (non-hydrogen) atoms. The molecule has 0 saturated heterocycles. The number of hydrogen-bond acceptors (Lipinski definition) is 2. The van der Waals surface area contributed by atoms with Gasteiger partial charge in [-0.2, -0.15) is 0 Å². The second-order valence-corrected chi connectivity index (χ2v) is 5.32. The lowest BCUT2D eigenvalue weighted by Crippen LogP contribution is -2.45. The highest BCUT2D eigenvalue weighted by molar-refractivity contribution is 7.10. The Labute approximate surface area is 90.3 Å².